The Morgan fingerprint density at radius 3 is 1.44 bits per heavy atom. The summed E-state index contributed by atoms with van der Waals surface area (Å²) in [6.07, 6.45) is 0. The predicted molar refractivity (Wildman–Crippen MR) is 84.4 cm³/mol. The zero-order valence-electron chi connectivity index (χ0n) is 9.61. The van der Waals surface area contributed by atoms with Gasteiger partial charge in [0.25, 0.3) is 0 Å². The van der Waals surface area contributed by atoms with E-state index in [0.29, 0.717) is 0 Å². The lowest BCUT2D eigenvalue weighted by Crippen LogP contribution is -1.85. The lowest BCUT2D eigenvalue weighted by atomic mass is 10.4. The molecule has 94 valence electrons. The normalized spacial score (nSPS) is 10.6. The topological polar surface area (TPSA) is 0 Å². The molecule has 0 aliphatic heterocycles. The fourth-order valence-corrected chi connectivity index (χ4v) is 3.89. The molecule has 0 saturated heterocycles. The molecule has 0 fully saturated rings. The number of benzene rings is 2. The molecule has 4 heteroatoms. The summed E-state index contributed by atoms with van der Waals surface area (Å²) in [6.45, 7) is 0. The van der Waals surface area contributed by atoms with Crippen LogP contribution in [0.1, 0.15) is 0 Å². The smallest absolute Gasteiger partial charge is 0.0541 e. The highest BCUT2D eigenvalue weighted by molar-refractivity contribution is 8.03. The van der Waals surface area contributed by atoms with Crippen molar-refractivity contribution in [3.8, 4) is 0 Å². The first-order valence-electron chi connectivity index (χ1n) is 5.52. The Morgan fingerprint density at radius 1 is 0.667 bits per heavy atom. The molecule has 2 aromatic carbocycles. The van der Waals surface area contributed by atoms with Gasteiger partial charge in [0.05, 0.1) is 10.0 Å². The zero-order chi connectivity index (χ0) is 12.8. The van der Waals surface area contributed by atoms with E-state index in [4.69, 9.17) is 23.2 Å². The molecule has 0 spiro atoms. The quantitative estimate of drug-likeness (QED) is 0.499. The second-order valence-electron chi connectivity index (χ2n) is 3.56. The molecule has 2 rings (SSSR count). The molecule has 18 heavy (non-hydrogen) atoms. The Kier molecular flexibility index (Phi) is 5.77. The van der Waals surface area contributed by atoms with Crippen LogP contribution >= 0.6 is 46.7 Å². The maximum atomic E-state index is 6.10. The first kappa shape index (κ1) is 14.1. The van der Waals surface area contributed by atoms with Crippen LogP contribution in [0.5, 0.6) is 0 Å². The molecule has 0 unspecified atom stereocenters. The van der Waals surface area contributed by atoms with Crippen LogP contribution in [0.3, 0.4) is 0 Å². The number of hydrogen-bond acceptors (Lipinski definition) is 2. The van der Waals surface area contributed by atoms with Crippen LogP contribution in [0, 0.1) is 0 Å². The van der Waals surface area contributed by atoms with Crippen molar-refractivity contribution in [3.63, 3.8) is 0 Å². The minimum Gasteiger partial charge on any atom is -0.124 e. The molecule has 0 aromatic heterocycles. The number of hydrogen-bond donors (Lipinski definition) is 0. The van der Waals surface area contributed by atoms with E-state index in [1.807, 2.05) is 48.5 Å². The Bertz CT molecular complexity index is 467. The number of thioether (sulfide) groups is 2. The van der Waals surface area contributed by atoms with Crippen molar-refractivity contribution in [1.82, 2.24) is 0 Å². The first-order valence-corrected chi connectivity index (χ1v) is 8.25. The van der Waals surface area contributed by atoms with E-state index in [2.05, 4.69) is 0 Å². The third kappa shape index (κ3) is 4.13. The van der Waals surface area contributed by atoms with E-state index < -0.39 is 0 Å². The summed E-state index contributed by atoms with van der Waals surface area (Å²) in [5.41, 5.74) is 0. The predicted octanol–water partition coefficient (Wildman–Crippen LogP) is 5.88. The molecular weight excluding hydrogens is 303 g/mol. The Morgan fingerprint density at radius 2 is 1.06 bits per heavy atom. The highest BCUT2D eigenvalue weighted by atomic mass is 35.5. The first-order chi connectivity index (χ1) is 8.77. The maximum absolute atomic E-state index is 6.10. The standard InChI is InChI=1S/C14H12Cl2S2/c15-11-5-1-3-7-13(11)17-9-10-18-14-8-4-2-6-12(14)16/h1-8H,9-10H2. The van der Waals surface area contributed by atoms with Gasteiger partial charge in [-0.1, -0.05) is 47.5 Å². The van der Waals surface area contributed by atoms with Crippen LogP contribution in [0.2, 0.25) is 10.0 Å². The summed E-state index contributed by atoms with van der Waals surface area (Å²) in [5.74, 6) is 2.03. The van der Waals surface area contributed by atoms with Crippen molar-refractivity contribution >= 4 is 46.7 Å². The second kappa shape index (κ2) is 7.34. The van der Waals surface area contributed by atoms with E-state index in [1.165, 1.54) is 0 Å². The van der Waals surface area contributed by atoms with Gasteiger partial charge in [-0.05, 0) is 24.3 Å². The SMILES string of the molecule is Clc1ccccc1SCCSc1ccccc1Cl. The lowest BCUT2D eigenvalue weighted by molar-refractivity contribution is 1.41. The van der Waals surface area contributed by atoms with Gasteiger partial charge in [-0.3, -0.25) is 0 Å². The summed E-state index contributed by atoms with van der Waals surface area (Å²) in [5, 5.41) is 1.65. The Hall–Kier alpha value is -0.280. The van der Waals surface area contributed by atoms with Gasteiger partial charge in [0.15, 0.2) is 0 Å². The molecule has 2 aromatic rings. The monoisotopic (exact) mass is 314 g/mol. The Balaban J connectivity index is 1.80. The highest BCUT2D eigenvalue weighted by Crippen LogP contribution is 2.30. The molecule has 0 aliphatic rings. The zero-order valence-corrected chi connectivity index (χ0v) is 12.8. The largest absolute Gasteiger partial charge is 0.124 e. The maximum Gasteiger partial charge on any atom is 0.0541 e. The van der Waals surface area contributed by atoms with Crippen LogP contribution in [0.4, 0.5) is 0 Å². The van der Waals surface area contributed by atoms with Gasteiger partial charge in [0.2, 0.25) is 0 Å². The lowest BCUT2D eigenvalue weighted by Gasteiger charge is -2.05. The summed E-state index contributed by atoms with van der Waals surface area (Å²) in [6, 6.07) is 15.9. The van der Waals surface area contributed by atoms with Gasteiger partial charge in [-0.2, -0.15) is 0 Å². The van der Waals surface area contributed by atoms with Gasteiger partial charge >= 0.3 is 0 Å². The molecule has 0 heterocycles. The summed E-state index contributed by atoms with van der Waals surface area (Å²) >= 11 is 15.7. The number of halogens is 2. The van der Waals surface area contributed by atoms with Crippen molar-refractivity contribution in [3.05, 3.63) is 58.6 Å². The van der Waals surface area contributed by atoms with Crippen molar-refractivity contribution in [2.24, 2.45) is 0 Å². The number of rotatable bonds is 5. The van der Waals surface area contributed by atoms with Crippen LogP contribution in [-0.4, -0.2) is 11.5 Å². The highest BCUT2D eigenvalue weighted by Gasteiger charge is 2.02. The average Bonchev–Trinajstić information content (AvgIpc) is 2.38. The van der Waals surface area contributed by atoms with Crippen molar-refractivity contribution in [2.45, 2.75) is 9.79 Å². The summed E-state index contributed by atoms with van der Waals surface area (Å²) in [4.78, 5) is 2.28. The molecule has 0 aliphatic carbocycles. The molecule has 0 radical (unpaired) electrons. The van der Waals surface area contributed by atoms with Gasteiger partial charge in [-0.25, -0.2) is 0 Å². The fraction of sp³-hybridized carbons (Fsp3) is 0.143. The van der Waals surface area contributed by atoms with Crippen LogP contribution in [0.25, 0.3) is 0 Å². The summed E-state index contributed by atoms with van der Waals surface area (Å²) in [7, 11) is 0. The van der Waals surface area contributed by atoms with E-state index in [9.17, 15) is 0 Å². The molecular formula is C14H12Cl2S2. The fourth-order valence-electron chi connectivity index (χ4n) is 1.43. The van der Waals surface area contributed by atoms with E-state index in [1.54, 1.807) is 23.5 Å². The molecule has 0 saturated carbocycles. The third-order valence-electron chi connectivity index (χ3n) is 2.27. The summed E-state index contributed by atoms with van der Waals surface area (Å²) < 4.78 is 0. The molecule has 0 bridgehead atoms. The van der Waals surface area contributed by atoms with E-state index in [-0.39, 0.29) is 0 Å². The minimum absolute atomic E-state index is 0.824. The molecule has 0 nitrogen and oxygen atoms in total. The minimum atomic E-state index is 0.824. The average molecular weight is 315 g/mol. The van der Waals surface area contributed by atoms with Crippen molar-refractivity contribution in [2.75, 3.05) is 11.5 Å². The van der Waals surface area contributed by atoms with Gasteiger partial charge in [0, 0.05) is 21.3 Å². The molecule has 0 N–H and O–H groups in total. The van der Waals surface area contributed by atoms with Crippen molar-refractivity contribution < 1.29 is 0 Å². The van der Waals surface area contributed by atoms with Gasteiger partial charge in [-0.15, -0.1) is 23.5 Å². The van der Waals surface area contributed by atoms with Crippen LogP contribution < -0.4 is 0 Å². The second-order valence-corrected chi connectivity index (χ2v) is 6.65. The van der Waals surface area contributed by atoms with Gasteiger partial charge < -0.3 is 0 Å². The van der Waals surface area contributed by atoms with Crippen LogP contribution in [-0.2, 0) is 0 Å². The third-order valence-corrected chi connectivity index (χ3v) is 5.56. The molecule has 0 amide bonds. The Labute approximate surface area is 126 Å². The van der Waals surface area contributed by atoms with E-state index >= 15 is 0 Å². The van der Waals surface area contributed by atoms with Crippen molar-refractivity contribution in [1.29, 1.82) is 0 Å². The van der Waals surface area contributed by atoms with Gasteiger partial charge in [0.1, 0.15) is 0 Å². The molecule has 0 atom stereocenters. The van der Waals surface area contributed by atoms with E-state index in [0.717, 1.165) is 31.3 Å². The van der Waals surface area contributed by atoms with Crippen LogP contribution in [0.15, 0.2) is 58.3 Å².